The van der Waals surface area contributed by atoms with Gasteiger partial charge in [0.25, 0.3) is 0 Å². The third-order valence-electron chi connectivity index (χ3n) is 2.03. The van der Waals surface area contributed by atoms with Crippen molar-refractivity contribution in [3.8, 4) is 0 Å². The third-order valence-corrected chi connectivity index (χ3v) is 2.87. The molecule has 0 atom stereocenters. The SMILES string of the molecule is CCc1nc(COCC(F)(F)F)nc(NC)c1Br. The van der Waals surface area contributed by atoms with Crippen molar-refractivity contribution in [2.45, 2.75) is 26.1 Å². The van der Waals surface area contributed by atoms with Crippen LogP contribution in [0.4, 0.5) is 19.0 Å². The lowest BCUT2D eigenvalue weighted by Crippen LogP contribution is -2.17. The summed E-state index contributed by atoms with van der Waals surface area (Å²) < 4.78 is 41.0. The second-order valence-electron chi connectivity index (χ2n) is 3.46. The van der Waals surface area contributed by atoms with Gasteiger partial charge in [0.2, 0.25) is 0 Å². The van der Waals surface area contributed by atoms with Gasteiger partial charge in [-0.1, -0.05) is 6.92 Å². The quantitative estimate of drug-likeness (QED) is 0.903. The molecule has 0 unspecified atom stereocenters. The predicted octanol–water partition coefficient (Wildman–Crippen LogP) is 2.92. The zero-order valence-electron chi connectivity index (χ0n) is 9.94. The lowest BCUT2D eigenvalue weighted by Gasteiger charge is -2.11. The molecule has 0 fully saturated rings. The molecule has 102 valence electrons. The van der Waals surface area contributed by atoms with Crippen LogP contribution in [-0.4, -0.2) is 29.8 Å². The van der Waals surface area contributed by atoms with Gasteiger partial charge in [0.1, 0.15) is 19.0 Å². The van der Waals surface area contributed by atoms with E-state index in [9.17, 15) is 13.2 Å². The molecular weight excluding hydrogens is 315 g/mol. The van der Waals surface area contributed by atoms with E-state index in [1.807, 2.05) is 6.92 Å². The van der Waals surface area contributed by atoms with Crippen molar-refractivity contribution in [3.63, 3.8) is 0 Å². The van der Waals surface area contributed by atoms with Crippen molar-refractivity contribution >= 4 is 21.7 Å². The highest BCUT2D eigenvalue weighted by Crippen LogP contribution is 2.24. The number of anilines is 1. The third kappa shape index (κ3) is 4.41. The summed E-state index contributed by atoms with van der Waals surface area (Å²) in [6, 6.07) is 0. The molecule has 1 rings (SSSR count). The molecule has 1 aromatic heterocycles. The molecule has 8 heteroatoms. The van der Waals surface area contributed by atoms with E-state index < -0.39 is 12.8 Å². The molecule has 0 aromatic carbocycles. The van der Waals surface area contributed by atoms with Crippen molar-refractivity contribution in [1.82, 2.24) is 9.97 Å². The minimum absolute atomic E-state index is 0.226. The first-order valence-electron chi connectivity index (χ1n) is 5.25. The van der Waals surface area contributed by atoms with E-state index in [0.717, 1.165) is 5.69 Å². The number of nitrogens with one attached hydrogen (secondary N) is 1. The van der Waals surface area contributed by atoms with E-state index >= 15 is 0 Å². The van der Waals surface area contributed by atoms with E-state index in [-0.39, 0.29) is 12.4 Å². The summed E-state index contributed by atoms with van der Waals surface area (Å²) in [6.07, 6.45) is -3.70. The normalized spacial score (nSPS) is 11.7. The minimum Gasteiger partial charge on any atom is -0.372 e. The van der Waals surface area contributed by atoms with Gasteiger partial charge >= 0.3 is 6.18 Å². The molecule has 0 bridgehead atoms. The largest absolute Gasteiger partial charge is 0.411 e. The Kier molecular flexibility index (Phi) is 5.33. The number of ether oxygens (including phenoxy) is 1. The highest BCUT2D eigenvalue weighted by atomic mass is 79.9. The molecule has 4 nitrogen and oxygen atoms in total. The fourth-order valence-electron chi connectivity index (χ4n) is 1.27. The number of aryl methyl sites for hydroxylation is 1. The lowest BCUT2D eigenvalue weighted by molar-refractivity contribution is -0.177. The summed E-state index contributed by atoms with van der Waals surface area (Å²) in [4.78, 5) is 8.19. The molecule has 0 radical (unpaired) electrons. The molecule has 0 saturated carbocycles. The minimum atomic E-state index is -4.34. The van der Waals surface area contributed by atoms with Gasteiger partial charge in [-0.05, 0) is 22.4 Å². The van der Waals surface area contributed by atoms with Crippen LogP contribution in [0.2, 0.25) is 0 Å². The number of halogens is 4. The second kappa shape index (κ2) is 6.33. The van der Waals surface area contributed by atoms with Crippen LogP contribution in [0.5, 0.6) is 0 Å². The van der Waals surface area contributed by atoms with E-state index in [1.165, 1.54) is 0 Å². The van der Waals surface area contributed by atoms with Crippen LogP contribution in [0.25, 0.3) is 0 Å². The summed E-state index contributed by atoms with van der Waals surface area (Å²) >= 11 is 3.33. The fourth-order valence-corrected chi connectivity index (χ4v) is 1.92. The molecule has 0 spiro atoms. The molecule has 0 saturated heterocycles. The zero-order chi connectivity index (χ0) is 13.8. The van der Waals surface area contributed by atoms with Gasteiger partial charge in [0.05, 0.1) is 10.2 Å². The molecule has 1 N–H and O–H groups in total. The predicted molar refractivity (Wildman–Crippen MR) is 64.4 cm³/mol. The van der Waals surface area contributed by atoms with Crippen LogP contribution >= 0.6 is 15.9 Å². The van der Waals surface area contributed by atoms with Gasteiger partial charge in [0.15, 0.2) is 5.82 Å². The van der Waals surface area contributed by atoms with Gasteiger partial charge in [-0.25, -0.2) is 9.97 Å². The maximum absolute atomic E-state index is 11.9. The van der Waals surface area contributed by atoms with Crippen molar-refractivity contribution < 1.29 is 17.9 Å². The van der Waals surface area contributed by atoms with Crippen LogP contribution in [0.1, 0.15) is 18.4 Å². The van der Waals surface area contributed by atoms with Crippen molar-refractivity contribution in [2.75, 3.05) is 19.0 Å². The maximum atomic E-state index is 11.9. The molecular formula is C10H13BrF3N3O. The Morgan fingerprint density at radius 1 is 1.33 bits per heavy atom. The van der Waals surface area contributed by atoms with Gasteiger partial charge in [0, 0.05) is 7.05 Å². The Hall–Kier alpha value is -0.890. The Morgan fingerprint density at radius 2 is 2.00 bits per heavy atom. The van der Waals surface area contributed by atoms with Gasteiger partial charge in [-0.3, -0.25) is 0 Å². The summed E-state index contributed by atoms with van der Waals surface area (Å²) in [7, 11) is 1.67. The number of hydrogen-bond acceptors (Lipinski definition) is 4. The zero-order valence-corrected chi connectivity index (χ0v) is 11.5. The van der Waals surface area contributed by atoms with Crippen LogP contribution in [0.15, 0.2) is 4.47 Å². The Bertz CT molecular complexity index is 387. The average molecular weight is 328 g/mol. The Labute approximate surface area is 111 Å². The van der Waals surface area contributed by atoms with E-state index in [0.29, 0.717) is 16.7 Å². The molecule has 0 aliphatic carbocycles. The van der Waals surface area contributed by atoms with E-state index in [1.54, 1.807) is 7.05 Å². The molecule has 1 heterocycles. The van der Waals surface area contributed by atoms with Crippen LogP contribution in [-0.2, 0) is 17.8 Å². The lowest BCUT2D eigenvalue weighted by atomic mass is 10.3. The highest BCUT2D eigenvalue weighted by molar-refractivity contribution is 9.10. The van der Waals surface area contributed by atoms with E-state index in [2.05, 4.69) is 36.0 Å². The van der Waals surface area contributed by atoms with Gasteiger partial charge in [-0.15, -0.1) is 0 Å². The first-order chi connectivity index (χ1) is 8.37. The van der Waals surface area contributed by atoms with Crippen LogP contribution < -0.4 is 5.32 Å². The van der Waals surface area contributed by atoms with Crippen LogP contribution in [0, 0.1) is 0 Å². The number of hydrogen-bond donors (Lipinski definition) is 1. The smallest absolute Gasteiger partial charge is 0.372 e. The highest BCUT2D eigenvalue weighted by Gasteiger charge is 2.27. The number of rotatable bonds is 5. The maximum Gasteiger partial charge on any atom is 0.411 e. The number of aromatic nitrogens is 2. The summed E-state index contributed by atoms with van der Waals surface area (Å²) in [5, 5.41) is 2.84. The van der Waals surface area contributed by atoms with Gasteiger partial charge < -0.3 is 10.1 Å². The Morgan fingerprint density at radius 3 is 2.50 bits per heavy atom. The fraction of sp³-hybridized carbons (Fsp3) is 0.600. The molecule has 0 aliphatic heterocycles. The number of nitrogens with zero attached hydrogens (tertiary/aromatic N) is 2. The average Bonchev–Trinajstić information content (AvgIpc) is 2.29. The topological polar surface area (TPSA) is 47.0 Å². The first-order valence-corrected chi connectivity index (χ1v) is 6.04. The monoisotopic (exact) mass is 327 g/mol. The second-order valence-corrected chi connectivity index (χ2v) is 4.25. The Balaban J connectivity index is 2.77. The summed E-state index contributed by atoms with van der Waals surface area (Å²) in [5.74, 6) is 0.760. The van der Waals surface area contributed by atoms with Crippen molar-refractivity contribution in [2.24, 2.45) is 0 Å². The van der Waals surface area contributed by atoms with Gasteiger partial charge in [-0.2, -0.15) is 13.2 Å². The summed E-state index contributed by atoms with van der Waals surface area (Å²) in [5.41, 5.74) is 0.722. The van der Waals surface area contributed by atoms with Crippen LogP contribution in [0.3, 0.4) is 0 Å². The van der Waals surface area contributed by atoms with E-state index in [4.69, 9.17) is 0 Å². The molecule has 0 aliphatic rings. The van der Waals surface area contributed by atoms with Crippen molar-refractivity contribution in [3.05, 3.63) is 16.0 Å². The molecule has 18 heavy (non-hydrogen) atoms. The first kappa shape index (κ1) is 15.2. The molecule has 1 aromatic rings. The summed E-state index contributed by atoms with van der Waals surface area (Å²) in [6.45, 7) is 0.324. The van der Waals surface area contributed by atoms with Crippen molar-refractivity contribution in [1.29, 1.82) is 0 Å². The molecule has 0 amide bonds. The number of alkyl halides is 3. The standard InChI is InChI=1S/C10H13BrF3N3O/c1-3-6-8(11)9(15-2)17-7(16-6)4-18-5-10(12,13)14/h3-5H2,1-2H3,(H,15,16,17).